The van der Waals surface area contributed by atoms with Crippen LogP contribution in [0.5, 0.6) is 0 Å². The minimum absolute atomic E-state index is 0.0258. The monoisotopic (exact) mass is 316 g/mol. The summed E-state index contributed by atoms with van der Waals surface area (Å²) < 4.78 is 6.87. The van der Waals surface area contributed by atoms with Gasteiger partial charge in [0.1, 0.15) is 0 Å². The summed E-state index contributed by atoms with van der Waals surface area (Å²) in [4.78, 5) is 23.4. The van der Waals surface area contributed by atoms with E-state index in [-0.39, 0.29) is 11.8 Å². The van der Waals surface area contributed by atoms with Gasteiger partial charge in [-0.2, -0.15) is 5.10 Å². The second kappa shape index (κ2) is 6.68. The third-order valence-electron chi connectivity index (χ3n) is 4.10. The Bertz CT molecular complexity index is 690. The van der Waals surface area contributed by atoms with Crippen LogP contribution in [0.1, 0.15) is 35.0 Å². The molecule has 1 unspecified atom stereocenters. The number of nitrogens with one attached hydrogen (secondary N) is 2. The molecule has 0 aromatic carbocycles. The largest absolute Gasteiger partial charge is 0.472 e. The highest BCUT2D eigenvalue weighted by molar-refractivity contribution is 5.95. The first-order chi connectivity index (χ1) is 11.1. The normalized spacial score (nSPS) is 16.7. The molecule has 2 aromatic rings. The first kappa shape index (κ1) is 15.3. The smallest absolute Gasteiger partial charge is 0.255 e. The van der Waals surface area contributed by atoms with Gasteiger partial charge in [0.2, 0.25) is 5.91 Å². The lowest BCUT2D eigenvalue weighted by atomic mass is 9.94. The Balaban J connectivity index is 1.64. The van der Waals surface area contributed by atoms with E-state index in [4.69, 9.17) is 4.42 Å². The number of rotatable bonds is 5. The van der Waals surface area contributed by atoms with Crippen LogP contribution in [0.25, 0.3) is 0 Å². The Morgan fingerprint density at radius 3 is 3.04 bits per heavy atom. The van der Waals surface area contributed by atoms with E-state index in [2.05, 4.69) is 15.7 Å². The molecule has 0 fully saturated rings. The Morgan fingerprint density at radius 1 is 1.43 bits per heavy atom. The number of carbonyl (C=O) groups excluding carboxylic acids is 2. The summed E-state index contributed by atoms with van der Waals surface area (Å²) >= 11 is 0. The summed E-state index contributed by atoms with van der Waals surface area (Å²) in [5, 5.41) is 10.0. The summed E-state index contributed by atoms with van der Waals surface area (Å²) in [5.41, 5.74) is 2.47. The van der Waals surface area contributed by atoms with Gasteiger partial charge in [-0.05, 0) is 24.8 Å². The van der Waals surface area contributed by atoms with Gasteiger partial charge in [0.15, 0.2) is 0 Å². The average Bonchev–Trinajstić information content (AvgIpc) is 3.19. The summed E-state index contributed by atoms with van der Waals surface area (Å²) in [6.45, 7) is 3.35. The highest BCUT2D eigenvalue weighted by Gasteiger charge is 2.25. The summed E-state index contributed by atoms with van der Waals surface area (Å²) in [5.74, 6) is 0.179. The molecule has 0 spiro atoms. The maximum atomic E-state index is 12.4. The van der Waals surface area contributed by atoms with E-state index in [1.165, 1.54) is 6.92 Å². The van der Waals surface area contributed by atoms with Crippen molar-refractivity contribution in [2.75, 3.05) is 6.54 Å². The van der Waals surface area contributed by atoms with Crippen molar-refractivity contribution >= 4 is 11.8 Å². The Labute approximate surface area is 134 Å². The average molecular weight is 316 g/mol. The Hall–Kier alpha value is -2.57. The molecular formula is C16H20N4O3. The third-order valence-corrected chi connectivity index (χ3v) is 4.10. The fraction of sp³-hybridized carbons (Fsp3) is 0.438. The van der Waals surface area contributed by atoms with Crippen molar-refractivity contribution in [2.24, 2.45) is 5.92 Å². The molecule has 0 saturated carbocycles. The fourth-order valence-electron chi connectivity index (χ4n) is 2.82. The molecule has 0 aliphatic carbocycles. The zero-order valence-corrected chi connectivity index (χ0v) is 13.0. The van der Waals surface area contributed by atoms with Crippen LogP contribution in [-0.2, 0) is 24.3 Å². The van der Waals surface area contributed by atoms with Crippen LogP contribution in [0.15, 0.2) is 29.2 Å². The van der Waals surface area contributed by atoms with Crippen LogP contribution >= 0.6 is 0 Å². The minimum Gasteiger partial charge on any atom is -0.472 e. The standard InChI is InChI=1S/C16H20N4O3/c1-11(21)17-7-12-2-4-20-15(6-12)14(9-19-20)16(22)18-8-13-3-5-23-10-13/h3,5,9-10,12H,2,4,6-8H2,1H3,(H,17,21)(H,18,22). The number of hydrogen-bond donors (Lipinski definition) is 2. The van der Waals surface area contributed by atoms with Crippen LogP contribution in [0.4, 0.5) is 0 Å². The Morgan fingerprint density at radius 2 is 2.30 bits per heavy atom. The van der Waals surface area contributed by atoms with Gasteiger partial charge in [0.05, 0.1) is 30.0 Å². The molecule has 7 heteroatoms. The quantitative estimate of drug-likeness (QED) is 0.864. The molecule has 2 amide bonds. The number of hydrogen-bond acceptors (Lipinski definition) is 4. The molecule has 1 aliphatic heterocycles. The molecule has 3 heterocycles. The van der Waals surface area contributed by atoms with E-state index in [9.17, 15) is 9.59 Å². The van der Waals surface area contributed by atoms with Crippen LogP contribution in [-0.4, -0.2) is 28.1 Å². The van der Waals surface area contributed by atoms with E-state index in [1.807, 2.05) is 10.7 Å². The lowest BCUT2D eigenvalue weighted by Gasteiger charge is -2.24. The van der Waals surface area contributed by atoms with Gasteiger partial charge >= 0.3 is 0 Å². The van der Waals surface area contributed by atoms with E-state index < -0.39 is 0 Å². The van der Waals surface area contributed by atoms with Crippen molar-refractivity contribution in [1.29, 1.82) is 0 Å². The van der Waals surface area contributed by atoms with Gasteiger partial charge in [0, 0.05) is 32.1 Å². The molecule has 0 radical (unpaired) electrons. The van der Waals surface area contributed by atoms with Crippen LogP contribution in [0.2, 0.25) is 0 Å². The molecule has 2 N–H and O–H groups in total. The van der Waals surface area contributed by atoms with Crippen molar-refractivity contribution < 1.29 is 14.0 Å². The molecule has 7 nitrogen and oxygen atoms in total. The Kier molecular flexibility index (Phi) is 4.45. The topological polar surface area (TPSA) is 89.2 Å². The summed E-state index contributed by atoms with van der Waals surface area (Å²) in [7, 11) is 0. The van der Waals surface area contributed by atoms with E-state index in [0.717, 1.165) is 30.6 Å². The molecule has 122 valence electrons. The second-order valence-electron chi connectivity index (χ2n) is 5.84. The molecule has 0 bridgehead atoms. The van der Waals surface area contributed by atoms with Crippen LogP contribution in [0, 0.1) is 5.92 Å². The first-order valence-electron chi connectivity index (χ1n) is 7.72. The zero-order valence-electron chi connectivity index (χ0n) is 13.0. The zero-order chi connectivity index (χ0) is 16.2. The SMILES string of the molecule is CC(=O)NCC1CCn2ncc(C(=O)NCc3ccoc3)c2C1. The molecule has 1 atom stereocenters. The van der Waals surface area contributed by atoms with Crippen molar-refractivity contribution in [3.05, 3.63) is 41.6 Å². The lowest BCUT2D eigenvalue weighted by molar-refractivity contribution is -0.119. The maximum Gasteiger partial charge on any atom is 0.255 e. The molecule has 2 aromatic heterocycles. The minimum atomic E-state index is -0.132. The van der Waals surface area contributed by atoms with E-state index >= 15 is 0 Å². The number of aryl methyl sites for hydroxylation is 1. The summed E-state index contributed by atoms with van der Waals surface area (Å²) in [6.07, 6.45) is 6.51. The van der Waals surface area contributed by atoms with Gasteiger partial charge in [-0.3, -0.25) is 14.3 Å². The number of nitrogens with zero attached hydrogens (tertiary/aromatic N) is 2. The molecule has 3 rings (SSSR count). The number of carbonyl (C=O) groups is 2. The lowest BCUT2D eigenvalue weighted by Crippen LogP contribution is -2.33. The van der Waals surface area contributed by atoms with Crippen molar-refractivity contribution in [1.82, 2.24) is 20.4 Å². The van der Waals surface area contributed by atoms with Crippen LogP contribution < -0.4 is 10.6 Å². The van der Waals surface area contributed by atoms with Gasteiger partial charge in [-0.15, -0.1) is 0 Å². The molecule has 23 heavy (non-hydrogen) atoms. The van der Waals surface area contributed by atoms with Crippen LogP contribution in [0.3, 0.4) is 0 Å². The van der Waals surface area contributed by atoms with E-state index in [1.54, 1.807) is 18.7 Å². The van der Waals surface area contributed by atoms with Gasteiger partial charge in [0.25, 0.3) is 5.91 Å². The predicted molar refractivity (Wildman–Crippen MR) is 82.6 cm³/mol. The number of fused-ring (bicyclic) bond motifs is 1. The number of furan rings is 1. The predicted octanol–water partition coefficient (Wildman–Crippen LogP) is 1.10. The van der Waals surface area contributed by atoms with Crippen molar-refractivity contribution in [3.63, 3.8) is 0 Å². The van der Waals surface area contributed by atoms with Crippen molar-refractivity contribution in [2.45, 2.75) is 32.9 Å². The third kappa shape index (κ3) is 3.61. The van der Waals surface area contributed by atoms with Gasteiger partial charge in [-0.1, -0.05) is 0 Å². The van der Waals surface area contributed by atoms with Crippen molar-refractivity contribution in [3.8, 4) is 0 Å². The molecule has 0 saturated heterocycles. The highest BCUT2D eigenvalue weighted by atomic mass is 16.3. The summed E-state index contributed by atoms with van der Waals surface area (Å²) in [6, 6.07) is 1.82. The molecule has 1 aliphatic rings. The second-order valence-corrected chi connectivity index (χ2v) is 5.84. The number of amides is 2. The maximum absolute atomic E-state index is 12.4. The highest BCUT2D eigenvalue weighted by Crippen LogP contribution is 2.22. The molecular weight excluding hydrogens is 296 g/mol. The van der Waals surface area contributed by atoms with Gasteiger partial charge in [-0.25, -0.2) is 0 Å². The first-order valence-corrected chi connectivity index (χ1v) is 7.72. The van der Waals surface area contributed by atoms with Gasteiger partial charge < -0.3 is 15.1 Å². The van der Waals surface area contributed by atoms with E-state index in [0.29, 0.717) is 24.6 Å². The fourth-order valence-corrected chi connectivity index (χ4v) is 2.82. The number of aromatic nitrogens is 2.